The van der Waals surface area contributed by atoms with Crippen molar-refractivity contribution >= 4 is 29.3 Å². The molecule has 2 aromatic carbocycles. The topological polar surface area (TPSA) is 58.2 Å². The fraction of sp³-hybridized carbons (Fsp3) is 0.300. The van der Waals surface area contributed by atoms with Crippen LogP contribution in [0.3, 0.4) is 0 Å². The van der Waals surface area contributed by atoms with Gasteiger partial charge in [0.2, 0.25) is 5.91 Å². The van der Waals surface area contributed by atoms with Gasteiger partial charge in [-0.1, -0.05) is 18.2 Å². The van der Waals surface area contributed by atoms with E-state index in [4.69, 9.17) is 0 Å². The average molecular weight is 464 g/mol. The summed E-state index contributed by atoms with van der Waals surface area (Å²) in [6, 6.07) is 7.53. The molecule has 1 atom stereocenters. The largest absolute Gasteiger partial charge is 0.416 e. The molecule has 168 valence electrons. The Morgan fingerprint density at radius 1 is 0.935 bits per heavy atom. The highest BCUT2D eigenvalue weighted by atomic mass is 32.2. The number of carbonyl (C=O) groups excluding carboxylic acids is 2. The molecule has 0 spiro atoms. The summed E-state index contributed by atoms with van der Waals surface area (Å²) in [5.41, 5.74) is -3.52. The Morgan fingerprint density at radius 2 is 1.48 bits per heavy atom. The van der Waals surface area contributed by atoms with E-state index in [9.17, 15) is 35.9 Å². The van der Waals surface area contributed by atoms with E-state index in [1.54, 1.807) is 24.5 Å². The summed E-state index contributed by atoms with van der Waals surface area (Å²) in [5.74, 6) is -1.10. The molecule has 2 aromatic rings. The summed E-state index contributed by atoms with van der Waals surface area (Å²) in [5, 5.41) is 4.54. The fourth-order valence-corrected chi connectivity index (χ4v) is 3.06. The maximum Gasteiger partial charge on any atom is 0.416 e. The van der Waals surface area contributed by atoms with E-state index in [0.29, 0.717) is 17.9 Å². The van der Waals surface area contributed by atoms with Gasteiger partial charge in [-0.2, -0.15) is 38.1 Å². The van der Waals surface area contributed by atoms with Crippen molar-refractivity contribution in [2.45, 2.75) is 24.8 Å². The first-order chi connectivity index (χ1) is 14.4. The van der Waals surface area contributed by atoms with Crippen molar-refractivity contribution in [3.8, 4) is 0 Å². The fourth-order valence-electron chi connectivity index (χ4n) is 2.59. The van der Waals surface area contributed by atoms with Crippen LogP contribution in [-0.4, -0.2) is 29.9 Å². The van der Waals surface area contributed by atoms with Crippen LogP contribution >= 0.6 is 11.8 Å². The van der Waals surface area contributed by atoms with Crippen LogP contribution in [-0.2, 0) is 17.1 Å². The van der Waals surface area contributed by atoms with Crippen molar-refractivity contribution in [1.82, 2.24) is 5.32 Å². The van der Waals surface area contributed by atoms with Crippen LogP contribution in [0.15, 0.2) is 48.5 Å². The average Bonchev–Trinajstić information content (AvgIpc) is 2.70. The molecule has 11 heteroatoms. The molecule has 0 bridgehead atoms. The predicted molar refractivity (Wildman–Crippen MR) is 106 cm³/mol. The number of halogens is 6. The summed E-state index contributed by atoms with van der Waals surface area (Å²) in [7, 11) is 0. The van der Waals surface area contributed by atoms with Gasteiger partial charge in [0, 0.05) is 11.3 Å². The molecule has 31 heavy (non-hydrogen) atoms. The lowest BCUT2D eigenvalue weighted by Gasteiger charge is -2.20. The maximum atomic E-state index is 13.0. The Hall–Kier alpha value is -2.69. The maximum absolute atomic E-state index is 13.0. The molecule has 0 heterocycles. The van der Waals surface area contributed by atoms with E-state index in [2.05, 4.69) is 10.6 Å². The highest BCUT2D eigenvalue weighted by molar-refractivity contribution is 7.98. The molecule has 0 aliphatic rings. The Balaban J connectivity index is 2.28. The van der Waals surface area contributed by atoms with Crippen LogP contribution < -0.4 is 10.6 Å². The van der Waals surface area contributed by atoms with Crippen molar-refractivity contribution < 1.29 is 35.9 Å². The van der Waals surface area contributed by atoms with Gasteiger partial charge in [0.05, 0.1) is 11.1 Å². The van der Waals surface area contributed by atoms with Gasteiger partial charge < -0.3 is 10.6 Å². The van der Waals surface area contributed by atoms with E-state index in [0.717, 1.165) is 0 Å². The van der Waals surface area contributed by atoms with E-state index < -0.39 is 47.0 Å². The van der Waals surface area contributed by atoms with Gasteiger partial charge in [-0.25, -0.2) is 0 Å². The molecule has 0 aromatic heterocycles. The molecule has 2 amide bonds. The van der Waals surface area contributed by atoms with E-state index in [1.807, 2.05) is 0 Å². The first kappa shape index (κ1) is 24.6. The number of hydrogen-bond acceptors (Lipinski definition) is 3. The van der Waals surface area contributed by atoms with Crippen LogP contribution in [0, 0.1) is 0 Å². The third-order valence-corrected chi connectivity index (χ3v) is 4.77. The first-order valence-corrected chi connectivity index (χ1v) is 10.3. The summed E-state index contributed by atoms with van der Waals surface area (Å²) in [6.07, 6.45) is -8.21. The Kier molecular flexibility index (Phi) is 7.99. The second-order valence-corrected chi connectivity index (χ2v) is 7.44. The lowest BCUT2D eigenvalue weighted by Crippen LogP contribution is -2.44. The number of alkyl halides is 6. The van der Waals surface area contributed by atoms with Crippen molar-refractivity contribution in [2.24, 2.45) is 0 Å². The summed E-state index contributed by atoms with van der Waals surface area (Å²) >= 11 is 1.36. The second kappa shape index (κ2) is 10.1. The zero-order valence-corrected chi connectivity index (χ0v) is 16.9. The lowest BCUT2D eigenvalue weighted by molar-refractivity contribution is -0.143. The van der Waals surface area contributed by atoms with Gasteiger partial charge >= 0.3 is 12.4 Å². The SMILES string of the molecule is CSCCC(NC(=O)c1ccccc1)C(=O)Nc1cc(C(F)(F)F)cc(C(F)(F)F)c1. The third-order valence-electron chi connectivity index (χ3n) is 4.12. The standard InChI is InChI=1S/C20H18F6N2O2S/c1-31-8-7-16(28-17(29)12-5-3-2-4-6-12)18(30)27-15-10-13(19(21,22)23)9-14(11-15)20(24,25)26/h2-6,9-11,16H,7-8H2,1H3,(H,27,30)(H,28,29). The number of amides is 2. The minimum absolute atomic E-state index is 0.0297. The molecular weight excluding hydrogens is 446 g/mol. The van der Waals surface area contributed by atoms with Crippen molar-refractivity contribution in [3.05, 3.63) is 65.2 Å². The Bertz CT molecular complexity index is 884. The first-order valence-electron chi connectivity index (χ1n) is 8.87. The quantitative estimate of drug-likeness (QED) is 0.553. The lowest BCUT2D eigenvalue weighted by atomic mass is 10.1. The zero-order valence-electron chi connectivity index (χ0n) is 16.1. The summed E-state index contributed by atoms with van der Waals surface area (Å²) < 4.78 is 78.1. The number of carbonyl (C=O) groups is 2. The minimum Gasteiger partial charge on any atom is -0.340 e. The van der Waals surface area contributed by atoms with Gasteiger partial charge in [0.1, 0.15) is 6.04 Å². The molecular formula is C20H18F6N2O2S. The predicted octanol–water partition coefficient (Wildman–Crippen LogP) is 5.21. The van der Waals surface area contributed by atoms with Gasteiger partial charge in [-0.15, -0.1) is 0 Å². The number of anilines is 1. The van der Waals surface area contributed by atoms with Gasteiger partial charge in [0.25, 0.3) is 5.91 Å². The molecule has 0 aliphatic carbocycles. The number of benzene rings is 2. The molecule has 1 unspecified atom stereocenters. The smallest absolute Gasteiger partial charge is 0.340 e. The highest BCUT2D eigenvalue weighted by Crippen LogP contribution is 2.37. The van der Waals surface area contributed by atoms with E-state index in [-0.39, 0.29) is 18.1 Å². The van der Waals surface area contributed by atoms with Crippen LogP contribution in [0.25, 0.3) is 0 Å². The van der Waals surface area contributed by atoms with Gasteiger partial charge in [-0.3, -0.25) is 9.59 Å². The summed E-state index contributed by atoms with van der Waals surface area (Å²) in [4.78, 5) is 25.0. The Labute approximate surface area is 178 Å². The normalized spacial score (nSPS) is 12.9. The molecule has 2 rings (SSSR count). The minimum atomic E-state index is -5.04. The molecule has 0 radical (unpaired) electrons. The van der Waals surface area contributed by atoms with Crippen molar-refractivity contribution in [2.75, 3.05) is 17.3 Å². The summed E-state index contributed by atoms with van der Waals surface area (Å²) in [6.45, 7) is 0. The van der Waals surface area contributed by atoms with Crippen LogP contribution in [0.1, 0.15) is 27.9 Å². The molecule has 0 saturated carbocycles. The van der Waals surface area contributed by atoms with E-state index in [1.165, 1.54) is 23.9 Å². The molecule has 0 fully saturated rings. The molecule has 0 saturated heterocycles. The van der Waals surface area contributed by atoms with Gasteiger partial charge in [0.15, 0.2) is 0 Å². The zero-order chi connectivity index (χ0) is 23.2. The van der Waals surface area contributed by atoms with Crippen molar-refractivity contribution in [1.29, 1.82) is 0 Å². The molecule has 0 aliphatic heterocycles. The van der Waals surface area contributed by atoms with Crippen molar-refractivity contribution in [3.63, 3.8) is 0 Å². The number of nitrogens with one attached hydrogen (secondary N) is 2. The van der Waals surface area contributed by atoms with Crippen LogP contribution in [0.2, 0.25) is 0 Å². The highest BCUT2D eigenvalue weighted by Gasteiger charge is 2.37. The monoisotopic (exact) mass is 464 g/mol. The third kappa shape index (κ3) is 7.20. The number of thioether (sulfide) groups is 1. The van der Waals surface area contributed by atoms with Gasteiger partial charge in [-0.05, 0) is 48.8 Å². The molecule has 2 N–H and O–H groups in total. The Morgan fingerprint density at radius 3 is 1.97 bits per heavy atom. The number of rotatable bonds is 7. The van der Waals surface area contributed by atoms with E-state index >= 15 is 0 Å². The second-order valence-electron chi connectivity index (χ2n) is 6.46. The van der Waals surface area contributed by atoms with Crippen LogP contribution in [0.4, 0.5) is 32.0 Å². The molecule has 4 nitrogen and oxygen atoms in total. The number of hydrogen-bond donors (Lipinski definition) is 2. The van der Waals surface area contributed by atoms with Crippen LogP contribution in [0.5, 0.6) is 0 Å².